The SMILES string of the molecule is CCN(CC(=O)O)C1CCN(C(=O)CCCc2ccc(Cl)cc2)CC1. The first-order chi connectivity index (χ1) is 12.0. The van der Waals surface area contributed by atoms with Crippen LogP contribution in [0.2, 0.25) is 5.02 Å². The molecule has 138 valence electrons. The predicted molar refractivity (Wildman–Crippen MR) is 98.9 cm³/mol. The molecule has 0 radical (unpaired) electrons. The fourth-order valence-corrected chi connectivity index (χ4v) is 3.53. The van der Waals surface area contributed by atoms with Gasteiger partial charge in [0.1, 0.15) is 0 Å². The van der Waals surface area contributed by atoms with Crippen molar-refractivity contribution in [2.75, 3.05) is 26.2 Å². The Labute approximate surface area is 154 Å². The van der Waals surface area contributed by atoms with Gasteiger partial charge in [-0.1, -0.05) is 30.7 Å². The second-order valence-electron chi connectivity index (χ2n) is 6.55. The number of aliphatic carboxylic acids is 1. The Balaban J connectivity index is 1.71. The van der Waals surface area contributed by atoms with Gasteiger partial charge in [-0.2, -0.15) is 0 Å². The zero-order valence-electron chi connectivity index (χ0n) is 14.8. The lowest BCUT2D eigenvalue weighted by atomic mass is 10.0. The van der Waals surface area contributed by atoms with Crippen LogP contribution >= 0.6 is 11.6 Å². The van der Waals surface area contributed by atoms with Gasteiger partial charge in [-0.05, 0) is 49.9 Å². The lowest BCUT2D eigenvalue weighted by Crippen LogP contribution is -2.48. The molecule has 5 nitrogen and oxygen atoms in total. The molecule has 0 aromatic heterocycles. The average molecular weight is 367 g/mol. The van der Waals surface area contributed by atoms with Gasteiger partial charge in [-0.15, -0.1) is 0 Å². The first-order valence-electron chi connectivity index (χ1n) is 8.97. The van der Waals surface area contributed by atoms with E-state index in [2.05, 4.69) is 0 Å². The summed E-state index contributed by atoms with van der Waals surface area (Å²) in [6.07, 6.45) is 3.97. The van der Waals surface area contributed by atoms with Crippen molar-refractivity contribution in [1.29, 1.82) is 0 Å². The Morgan fingerprint density at radius 3 is 2.44 bits per heavy atom. The number of carbonyl (C=O) groups is 2. The van der Waals surface area contributed by atoms with E-state index in [-0.39, 0.29) is 18.5 Å². The molecular formula is C19H27ClN2O3. The first kappa shape index (κ1) is 19.7. The summed E-state index contributed by atoms with van der Waals surface area (Å²) < 4.78 is 0. The largest absolute Gasteiger partial charge is 0.480 e. The molecule has 0 spiro atoms. The maximum atomic E-state index is 12.4. The number of likely N-dealkylation sites (N-methyl/N-ethyl adjacent to an activating group) is 1. The predicted octanol–water partition coefficient (Wildman–Crippen LogP) is 3.06. The Kier molecular flexibility index (Phi) is 7.72. The van der Waals surface area contributed by atoms with Crippen LogP contribution in [0.1, 0.15) is 38.2 Å². The summed E-state index contributed by atoms with van der Waals surface area (Å²) in [6.45, 7) is 4.24. The van der Waals surface area contributed by atoms with Gasteiger partial charge in [0.2, 0.25) is 5.91 Å². The molecule has 0 aliphatic carbocycles. The summed E-state index contributed by atoms with van der Waals surface area (Å²) in [6, 6.07) is 8.01. The zero-order valence-corrected chi connectivity index (χ0v) is 15.5. The van der Waals surface area contributed by atoms with E-state index < -0.39 is 5.97 Å². The summed E-state index contributed by atoms with van der Waals surface area (Å²) in [5, 5.41) is 9.71. The molecule has 1 aliphatic heterocycles. The molecule has 1 heterocycles. The third-order valence-corrected chi connectivity index (χ3v) is 5.10. The smallest absolute Gasteiger partial charge is 0.317 e. The second-order valence-corrected chi connectivity index (χ2v) is 6.99. The standard InChI is InChI=1S/C19H27ClN2O3/c1-2-21(14-19(24)25)17-10-12-22(13-11-17)18(23)5-3-4-15-6-8-16(20)9-7-15/h6-9,17H,2-5,10-14H2,1H3,(H,24,25). The fraction of sp³-hybridized carbons (Fsp3) is 0.579. The van der Waals surface area contributed by atoms with Gasteiger partial charge in [0.25, 0.3) is 0 Å². The number of carbonyl (C=O) groups excluding carboxylic acids is 1. The third-order valence-electron chi connectivity index (χ3n) is 4.85. The van der Waals surface area contributed by atoms with Crippen molar-refractivity contribution in [2.24, 2.45) is 0 Å². The van der Waals surface area contributed by atoms with Crippen LogP contribution in [0.3, 0.4) is 0 Å². The number of carboxylic acid groups (broad SMARTS) is 1. The first-order valence-corrected chi connectivity index (χ1v) is 9.35. The van der Waals surface area contributed by atoms with Gasteiger partial charge in [0.15, 0.2) is 0 Å². The molecule has 2 rings (SSSR count). The molecule has 0 saturated carbocycles. The molecule has 25 heavy (non-hydrogen) atoms. The number of amides is 1. The summed E-state index contributed by atoms with van der Waals surface area (Å²) in [7, 11) is 0. The number of nitrogens with zero attached hydrogens (tertiary/aromatic N) is 2. The van der Waals surface area contributed by atoms with Crippen LogP contribution in [-0.4, -0.2) is 59.0 Å². The van der Waals surface area contributed by atoms with Gasteiger partial charge >= 0.3 is 5.97 Å². The van der Waals surface area contributed by atoms with E-state index in [0.717, 1.165) is 50.3 Å². The lowest BCUT2D eigenvalue weighted by Gasteiger charge is -2.37. The molecule has 1 aromatic carbocycles. The van der Waals surface area contributed by atoms with E-state index in [0.29, 0.717) is 6.42 Å². The molecule has 6 heteroatoms. The highest BCUT2D eigenvalue weighted by atomic mass is 35.5. The van der Waals surface area contributed by atoms with E-state index in [9.17, 15) is 9.59 Å². The quantitative estimate of drug-likeness (QED) is 0.768. The van der Waals surface area contributed by atoms with E-state index in [1.807, 2.05) is 41.0 Å². The van der Waals surface area contributed by atoms with Crippen LogP contribution in [0.25, 0.3) is 0 Å². The number of halogens is 1. The minimum Gasteiger partial charge on any atom is -0.480 e. The second kappa shape index (κ2) is 9.78. The van der Waals surface area contributed by atoms with Gasteiger partial charge in [0.05, 0.1) is 6.54 Å². The molecule has 1 aliphatic rings. The molecule has 1 saturated heterocycles. The van der Waals surface area contributed by atoms with Gasteiger partial charge in [-0.3, -0.25) is 14.5 Å². The lowest BCUT2D eigenvalue weighted by molar-refractivity contribution is -0.140. The van der Waals surface area contributed by atoms with Crippen molar-refractivity contribution in [2.45, 2.75) is 45.1 Å². The molecule has 1 amide bonds. The third kappa shape index (κ3) is 6.33. The maximum Gasteiger partial charge on any atom is 0.317 e. The van der Waals surface area contributed by atoms with Crippen LogP contribution in [-0.2, 0) is 16.0 Å². The summed E-state index contributed by atoms with van der Waals surface area (Å²) >= 11 is 5.87. The summed E-state index contributed by atoms with van der Waals surface area (Å²) in [4.78, 5) is 27.2. The van der Waals surface area contributed by atoms with Crippen molar-refractivity contribution in [3.63, 3.8) is 0 Å². The topological polar surface area (TPSA) is 60.9 Å². The normalized spacial score (nSPS) is 15.6. The number of aryl methyl sites for hydroxylation is 1. The average Bonchev–Trinajstić information content (AvgIpc) is 2.61. The number of hydrogen-bond donors (Lipinski definition) is 1. The van der Waals surface area contributed by atoms with Gasteiger partial charge in [0, 0.05) is 30.6 Å². The van der Waals surface area contributed by atoms with Crippen LogP contribution in [0, 0.1) is 0 Å². The molecule has 1 aromatic rings. The Morgan fingerprint density at radius 2 is 1.88 bits per heavy atom. The minimum atomic E-state index is -0.789. The van der Waals surface area contributed by atoms with Crippen LogP contribution < -0.4 is 0 Å². The van der Waals surface area contributed by atoms with Crippen molar-refractivity contribution in [1.82, 2.24) is 9.80 Å². The molecule has 1 fully saturated rings. The highest BCUT2D eigenvalue weighted by Gasteiger charge is 2.26. The molecule has 0 unspecified atom stereocenters. The number of piperidine rings is 1. The van der Waals surface area contributed by atoms with Crippen molar-refractivity contribution in [3.8, 4) is 0 Å². The van der Waals surface area contributed by atoms with Crippen molar-refractivity contribution in [3.05, 3.63) is 34.9 Å². The Morgan fingerprint density at radius 1 is 1.24 bits per heavy atom. The van der Waals surface area contributed by atoms with Crippen molar-refractivity contribution < 1.29 is 14.7 Å². The number of rotatable bonds is 8. The zero-order chi connectivity index (χ0) is 18.2. The van der Waals surface area contributed by atoms with E-state index in [1.165, 1.54) is 5.56 Å². The summed E-state index contributed by atoms with van der Waals surface area (Å²) in [5.74, 6) is -0.587. The van der Waals surface area contributed by atoms with Crippen LogP contribution in [0.4, 0.5) is 0 Å². The molecule has 1 N–H and O–H groups in total. The molecule has 0 bridgehead atoms. The highest BCUT2D eigenvalue weighted by Crippen LogP contribution is 2.18. The number of benzene rings is 1. The van der Waals surface area contributed by atoms with E-state index in [1.54, 1.807) is 0 Å². The Bertz CT molecular complexity index is 569. The van der Waals surface area contributed by atoms with E-state index >= 15 is 0 Å². The maximum absolute atomic E-state index is 12.4. The van der Waals surface area contributed by atoms with Gasteiger partial charge < -0.3 is 10.0 Å². The molecule has 0 atom stereocenters. The Hall–Kier alpha value is -1.59. The number of carboxylic acids is 1. The number of hydrogen-bond acceptors (Lipinski definition) is 3. The molecular weight excluding hydrogens is 340 g/mol. The van der Waals surface area contributed by atoms with Crippen LogP contribution in [0.5, 0.6) is 0 Å². The number of likely N-dealkylation sites (tertiary alicyclic amines) is 1. The monoisotopic (exact) mass is 366 g/mol. The highest BCUT2D eigenvalue weighted by molar-refractivity contribution is 6.30. The van der Waals surface area contributed by atoms with Gasteiger partial charge in [-0.25, -0.2) is 0 Å². The minimum absolute atomic E-state index is 0.0796. The fourth-order valence-electron chi connectivity index (χ4n) is 3.41. The van der Waals surface area contributed by atoms with E-state index in [4.69, 9.17) is 16.7 Å². The summed E-state index contributed by atoms with van der Waals surface area (Å²) in [5.41, 5.74) is 1.20. The van der Waals surface area contributed by atoms with Crippen LogP contribution in [0.15, 0.2) is 24.3 Å². The van der Waals surface area contributed by atoms with Crippen molar-refractivity contribution >= 4 is 23.5 Å².